The molecule has 1 saturated heterocycles. The van der Waals surface area contributed by atoms with Crippen molar-refractivity contribution >= 4 is 11.9 Å². The second-order valence-electron chi connectivity index (χ2n) is 6.62. The van der Waals surface area contributed by atoms with E-state index in [1.165, 1.54) is 12.1 Å². The van der Waals surface area contributed by atoms with Gasteiger partial charge in [0, 0.05) is 37.3 Å². The Kier molecular flexibility index (Phi) is 9.14. The van der Waals surface area contributed by atoms with E-state index >= 15 is 0 Å². The fraction of sp³-hybridized carbons (Fsp3) is 0.474. The van der Waals surface area contributed by atoms with Gasteiger partial charge in [-0.3, -0.25) is 4.90 Å². The summed E-state index contributed by atoms with van der Waals surface area (Å²) in [6.07, 6.45) is -2.10. The summed E-state index contributed by atoms with van der Waals surface area (Å²) >= 11 is 0. The lowest BCUT2D eigenvalue weighted by Crippen LogP contribution is -2.41. The molecular weight excluding hydrogens is 377 g/mol. The van der Waals surface area contributed by atoms with Crippen LogP contribution in [-0.2, 0) is 22.3 Å². The van der Waals surface area contributed by atoms with Crippen molar-refractivity contribution in [3.63, 3.8) is 0 Å². The van der Waals surface area contributed by atoms with Crippen LogP contribution in [0.3, 0.4) is 0 Å². The molecule has 9 heteroatoms. The maximum absolute atomic E-state index is 12.7. The maximum Gasteiger partial charge on any atom is 0.416 e. The number of halogens is 3. The lowest BCUT2D eigenvalue weighted by Gasteiger charge is -2.32. The Bertz CT molecular complexity index is 668. The molecule has 156 valence electrons. The Hall–Kier alpha value is -2.39. The Morgan fingerprint density at radius 1 is 1.25 bits per heavy atom. The first-order valence-electron chi connectivity index (χ1n) is 8.77. The first-order chi connectivity index (χ1) is 13.0. The molecule has 0 unspecified atom stereocenters. The predicted molar refractivity (Wildman–Crippen MR) is 97.8 cm³/mol. The number of benzene rings is 1. The monoisotopic (exact) mass is 402 g/mol. The van der Waals surface area contributed by atoms with Crippen LogP contribution in [-0.4, -0.2) is 52.2 Å². The molecular formula is C19H25F3N2O4. The summed E-state index contributed by atoms with van der Waals surface area (Å²) < 4.78 is 38.2. The van der Waals surface area contributed by atoms with Crippen LogP contribution in [0.25, 0.3) is 0 Å². The molecule has 0 amide bonds. The lowest BCUT2D eigenvalue weighted by molar-refractivity contribution is -0.137. The number of rotatable bonds is 6. The molecule has 0 aliphatic carbocycles. The van der Waals surface area contributed by atoms with E-state index in [1.54, 1.807) is 6.07 Å². The van der Waals surface area contributed by atoms with Gasteiger partial charge in [0.05, 0.1) is 5.56 Å². The molecule has 0 spiro atoms. The number of alkyl halides is 3. The highest BCUT2D eigenvalue weighted by Crippen LogP contribution is 2.30. The SMILES string of the molecule is CC(C)N(Cc1cccc(C(F)(F)F)c1)[C@H]1CCNC1.O=C(O)C=CC(=O)O. The predicted octanol–water partition coefficient (Wildman–Crippen LogP) is 2.99. The molecule has 28 heavy (non-hydrogen) atoms. The van der Waals surface area contributed by atoms with Crippen LogP contribution >= 0.6 is 0 Å². The van der Waals surface area contributed by atoms with E-state index in [1.807, 2.05) is 0 Å². The fourth-order valence-electron chi connectivity index (χ4n) is 2.86. The molecule has 1 fully saturated rings. The van der Waals surface area contributed by atoms with Gasteiger partial charge >= 0.3 is 18.1 Å². The molecule has 1 aromatic carbocycles. The van der Waals surface area contributed by atoms with Gasteiger partial charge in [0.25, 0.3) is 0 Å². The molecule has 6 nitrogen and oxygen atoms in total. The zero-order valence-corrected chi connectivity index (χ0v) is 15.7. The van der Waals surface area contributed by atoms with E-state index in [-0.39, 0.29) is 0 Å². The van der Waals surface area contributed by atoms with Crippen molar-refractivity contribution in [2.45, 2.75) is 45.1 Å². The van der Waals surface area contributed by atoms with Gasteiger partial charge in [-0.1, -0.05) is 18.2 Å². The standard InChI is InChI=1S/C15H21F3N2.C4H4O4/c1-11(2)20(14-6-7-19-9-14)10-12-4-3-5-13(8-12)15(16,17)18;5-3(6)1-2-4(7)8/h3-5,8,11,14,19H,6-7,9-10H2,1-2H3;1-2H,(H,5,6)(H,7,8)/t14-;/m0./s1. The van der Waals surface area contributed by atoms with Crippen molar-refractivity contribution in [2.75, 3.05) is 13.1 Å². The third-order valence-electron chi connectivity index (χ3n) is 4.15. The fourth-order valence-corrected chi connectivity index (χ4v) is 2.86. The summed E-state index contributed by atoms with van der Waals surface area (Å²) in [5.41, 5.74) is 0.156. The first-order valence-corrected chi connectivity index (χ1v) is 8.77. The summed E-state index contributed by atoms with van der Waals surface area (Å²) in [5, 5.41) is 18.9. The topological polar surface area (TPSA) is 89.9 Å². The van der Waals surface area contributed by atoms with Crippen LogP contribution in [0.4, 0.5) is 13.2 Å². The quantitative estimate of drug-likeness (QED) is 0.634. The molecule has 1 aliphatic heterocycles. The molecule has 1 atom stereocenters. The molecule has 0 saturated carbocycles. The zero-order chi connectivity index (χ0) is 21.3. The van der Waals surface area contributed by atoms with Gasteiger partial charge < -0.3 is 15.5 Å². The average Bonchev–Trinajstić information content (AvgIpc) is 3.12. The highest BCUT2D eigenvalue weighted by Gasteiger charge is 2.31. The first kappa shape index (κ1) is 23.6. The second-order valence-corrected chi connectivity index (χ2v) is 6.62. The van der Waals surface area contributed by atoms with Crippen molar-refractivity contribution in [3.8, 4) is 0 Å². The number of carbonyl (C=O) groups is 2. The maximum atomic E-state index is 12.7. The van der Waals surface area contributed by atoms with E-state index in [9.17, 15) is 22.8 Å². The normalized spacial score (nSPS) is 17.0. The number of carboxylic acid groups (broad SMARTS) is 2. The van der Waals surface area contributed by atoms with Gasteiger partial charge in [0.15, 0.2) is 0 Å². The summed E-state index contributed by atoms with van der Waals surface area (Å²) in [6, 6.07) is 6.37. The van der Waals surface area contributed by atoms with Crippen LogP contribution in [0.2, 0.25) is 0 Å². The minimum atomic E-state index is -4.27. The molecule has 1 aliphatic rings. The number of aliphatic carboxylic acids is 2. The van der Waals surface area contributed by atoms with Gasteiger partial charge in [-0.05, 0) is 38.4 Å². The second kappa shape index (κ2) is 10.8. The average molecular weight is 402 g/mol. The molecule has 0 radical (unpaired) electrons. The number of hydrogen-bond donors (Lipinski definition) is 3. The molecule has 1 aromatic rings. The highest BCUT2D eigenvalue weighted by molar-refractivity contribution is 5.89. The molecule has 2 rings (SSSR count). The Morgan fingerprint density at radius 2 is 1.86 bits per heavy atom. The Balaban J connectivity index is 0.000000416. The van der Waals surface area contributed by atoms with Gasteiger partial charge in [0.2, 0.25) is 0 Å². The third kappa shape index (κ3) is 8.53. The molecule has 1 heterocycles. The largest absolute Gasteiger partial charge is 0.478 e. The van der Waals surface area contributed by atoms with Gasteiger partial charge in [-0.15, -0.1) is 0 Å². The molecule has 3 N–H and O–H groups in total. The van der Waals surface area contributed by atoms with E-state index in [0.717, 1.165) is 31.1 Å². The van der Waals surface area contributed by atoms with E-state index < -0.39 is 23.7 Å². The van der Waals surface area contributed by atoms with Crippen molar-refractivity contribution in [2.24, 2.45) is 0 Å². The molecule has 0 bridgehead atoms. The van der Waals surface area contributed by atoms with Gasteiger partial charge in [-0.2, -0.15) is 13.2 Å². The summed E-state index contributed by atoms with van der Waals surface area (Å²) in [6.45, 7) is 6.64. The minimum Gasteiger partial charge on any atom is -0.478 e. The lowest BCUT2D eigenvalue weighted by atomic mass is 10.1. The van der Waals surface area contributed by atoms with Crippen LogP contribution in [0.1, 0.15) is 31.4 Å². The van der Waals surface area contributed by atoms with E-state index in [2.05, 4.69) is 24.1 Å². The van der Waals surface area contributed by atoms with Crippen LogP contribution in [0.15, 0.2) is 36.4 Å². The zero-order valence-electron chi connectivity index (χ0n) is 15.7. The number of nitrogens with zero attached hydrogens (tertiary/aromatic N) is 1. The minimum absolute atomic E-state index is 0.314. The van der Waals surface area contributed by atoms with Crippen LogP contribution < -0.4 is 5.32 Å². The number of nitrogens with one attached hydrogen (secondary N) is 1. The number of hydrogen-bond acceptors (Lipinski definition) is 4. The van der Waals surface area contributed by atoms with E-state index in [4.69, 9.17) is 10.2 Å². The molecule has 0 aromatic heterocycles. The van der Waals surface area contributed by atoms with Crippen molar-refractivity contribution < 1.29 is 33.0 Å². The van der Waals surface area contributed by atoms with E-state index in [0.29, 0.717) is 30.8 Å². The van der Waals surface area contributed by atoms with Crippen molar-refractivity contribution in [3.05, 3.63) is 47.5 Å². The van der Waals surface area contributed by atoms with Crippen molar-refractivity contribution in [1.82, 2.24) is 10.2 Å². The third-order valence-corrected chi connectivity index (χ3v) is 4.15. The highest BCUT2D eigenvalue weighted by atomic mass is 19.4. The summed E-state index contributed by atoms with van der Waals surface area (Å²) in [5.74, 6) is -2.51. The van der Waals surface area contributed by atoms with Crippen LogP contribution in [0.5, 0.6) is 0 Å². The number of carboxylic acids is 2. The van der Waals surface area contributed by atoms with Gasteiger partial charge in [0.1, 0.15) is 0 Å². The summed E-state index contributed by atoms with van der Waals surface area (Å²) in [4.78, 5) is 21.4. The summed E-state index contributed by atoms with van der Waals surface area (Å²) in [7, 11) is 0. The smallest absolute Gasteiger partial charge is 0.416 e. The van der Waals surface area contributed by atoms with Crippen LogP contribution in [0, 0.1) is 0 Å². The Morgan fingerprint density at radius 3 is 2.29 bits per heavy atom. The van der Waals surface area contributed by atoms with Crippen molar-refractivity contribution in [1.29, 1.82) is 0 Å². The Labute approximate surface area is 161 Å². The van der Waals surface area contributed by atoms with Gasteiger partial charge in [-0.25, -0.2) is 9.59 Å².